The first-order chi connectivity index (χ1) is 8.70. The molecule has 0 saturated heterocycles. The molecular formula is C11H11N4O3-. The number of carboxylic acid groups (broad SMARTS) is 1. The van der Waals surface area contributed by atoms with Gasteiger partial charge in [0.2, 0.25) is 0 Å². The maximum absolute atomic E-state index is 10.5. The van der Waals surface area contributed by atoms with Gasteiger partial charge in [-0.15, -0.1) is 5.10 Å². The minimum absolute atomic E-state index is 0.364. The average molecular weight is 247 g/mol. The van der Waals surface area contributed by atoms with Gasteiger partial charge in [0.05, 0.1) is 19.6 Å². The van der Waals surface area contributed by atoms with Crippen molar-refractivity contribution in [2.75, 3.05) is 7.11 Å². The smallest absolute Gasteiger partial charge is 0.156 e. The predicted octanol–water partition coefficient (Wildman–Crippen LogP) is -0.978. The summed E-state index contributed by atoms with van der Waals surface area (Å²) in [4.78, 5) is 10.5. The number of hydrogen-bond acceptors (Lipinski definition) is 6. The van der Waals surface area contributed by atoms with Crippen molar-refractivity contribution in [1.29, 1.82) is 0 Å². The lowest BCUT2D eigenvalue weighted by molar-refractivity contribution is -0.306. The molecule has 0 bridgehead atoms. The molecule has 0 atom stereocenters. The Kier molecular flexibility index (Phi) is 3.52. The van der Waals surface area contributed by atoms with Gasteiger partial charge >= 0.3 is 0 Å². The number of aliphatic carboxylic acids is 1. The Balaban J connectivity index is 2.23. The summed E-state index contributed by atoms with van der Waals surface area (Å²) in [7, 11) is 1.57. The third-order valence-electron chi connectivity index (χ3n) is 2.43. The molecule has 0 saturated carbocycles. The Morgan fingerprint density at radius 3 is 2.94 bits per heavy atom. The van der Waals surface area contributed by atoms with Crippen molar-refractivity contribution >= 4 is 5.97 Å². The molecule has 0 aliphatic carbocycles. The van der Waals surface area contributed by atoms with Crippen molar-refractivity contribution in [2.24, 2.45) is 0 Å². The number of aromatic nitrogens is 4. The first-order valence-corrected chi connectivity index (χ1v) is 5.27. The highest BCUT2D eigenvalue weighted by atomic mass is 16.5. The predicted molar refractivity (Wildman–Crippen MR) is 58.6 cm³/mol. The molecule has 0 N–H and O–H groups in total. The number of tetrazole rings is 1. The van der Waals surface area contributed by atoms with Crippen LogP contribution in [0.15, 0.2) is 24.3 Å². The normalized spacial score (nSPS) is 10.3. The lowest BCUT2D eigenvalue weighted by Gasteiger charge is -2.08. The maximum Gasteiger partial charge on any atom is 0.156 e. The first kappa shape index (κ1) is 12.0. The number of carbonyl (C=O) groups is 1. The summed E-state index contributed by atoms with van der Waals surface area (Å²) in [5.41, 5.74) is 0.884. The van der Waals surface area contributed by atoms with Gasteiger partial charge < -0.3 is 14.6 Å². The molecule has 7 nitrogen and oxygen atoms in total. The van der Waals surface area contributed by atoms with Gasteiger partial charge in [-0.1, -0.05) is 18.2 Å². The van der Waals surface area contributed by atoms with E-state index in [0.29, 0.717) is 18.0 Å². The Hall–Kier alpha value is -2.44. The third-order valence-corrected chi connectivity index (χ3v) is 2.43. The molecule has 1 heterocycles. The van der Waals surface area contributed by atoms with E-state index < -0.39 is 5.97 Å². The minimum atomic E-state index is -1.23. The highest BCUT2D eigenvalue weighted by Gasteiger charge is 2.10. The van der Waals surface area contributed by atoms with Crippen LogP contribution < -0.4 is 9.84 Å². The van der Waals surface area contributed by atoms with E-state index in [2.05, 4.69) is 15.5 Å². The zero-order valence-electron chi connectivity index (χ0n) is 9.74. The van der Waals surface area contributed by atoms with Gasteiger partial charge in [-0.3, -0.25) is 0 Å². The van der Waals surface area contributed by atoms with Crippen LogP contribution in [0.1, 0.15) is 11.4 Å². The maximum atomic E-state index is 10.5. The van der Waals surface area contributed by atoms with Crippen molar-refractivity contribution in [2.45, 2.75) is 13.0 Å². The number of carbonyl (C=O) groups excluding carboxylic acids is 1. The van der Waals surface area contributed by atoms with Crippen molar-refractivity contribution in [3.8, 4) is 5.75 Å². The molecule has 94 valence electrons. The SMILES string of the molecule is COc1ccccc1Cc1nnnn1CC(=O)[O-]. The molecule has 0 aliphatic rings. The van der Waals surface area contributed by atoms with Crippen LogP contribution in [-0.2, 0) is 17.8 Å². The van der Waals surface area contributed by atoms with E-state index in [-0.39, 0.29) is 6.54 Å². The fourth-order valence-electron chi connectivity index (χ4n) is 1.61. The summed E-state index contributed by atoms with van der Waals surface area (Å²) >= 11 is 0. The van der Waals surface area contributed by atoms with Gasteiger partial charge in [0.25, 0.3) is 0 Å². The van der Waals surface area contributed by atoms with Crippen LogP contribution in [0.5, 0.6) is 5.75 Å². The number of methoxy groups -OCH3 is 1. The molecule has 18 heavy (non-hydrogen) atoms. The molecule has 0 unspecified atom stereocenters. The summed E-state index contributed by atoms with van der Waals surface area (Å²) in [5, 5.41) is 21.4. The lowest BCUT2D eigenvalue weighted by Crippen LogP contribution is -2.29. The number of carboxylic acids is 1. The van der Waals surface area contributed by atoms with Crippen molar-refractivity contribution in [3.05, 3.63) is 35.7 Å². The standard InChI is InChI=1S/C11H12N4O3/c1-18-9-5-3-2-4-8(9)6-10-12-13-14-15(10)7-11(16)17/h2-5H,6-7H2,1H3,(H,16,17)/p-1. The molecule has 0 amide bonds. The van der Waals surface area contributed by atoms with E-state index in [1.54, 1.807) is 7.11 Å². The van der Waals surface area contributed by atoms with Crippen molar-refractivity contribution < 1.29 is 14.6 Å². The molecular weight excluding hydrogens is 236 g/mol. The number of nitrogens with zero attached hydrogens (tertiary/aromatic N) is 4. The molecule has 2 aromatic rings. The van der Waals surface area contributed by atoms with E-state index in [4.69, 9.17) is 4.74 Å². The van der Waals surface area contributed by atoms with Crippen molar-refractivity contribution in [1.82, 2.24) is 20.2 Å². The number of rotatable bonds is 5. The molecule has 7 heteroatoms. The average Bonchev–Trinajstić information content (AvgIpc) is 2.76. The van der Waals surface area contributed by atoms with Crippen LogP contribution in [0, 0.1) is 0 Å². The van der Waals surface area contributed by atoms with Gasteiger partial charge in [0.1, 0.15) is 5.75 Å². The second-order valence-electron chi connectivity index (χ2n) is 3.61. The topological polar surface area (TPSA) is 93.0 Å². The van der Waals surface area contributed by atoms with Crippen LogP contribution in [0.4, 0.5) is 0 Å². The summed E-state index contributed by atoms with van der Waals surface area (Å²) in [6.07, 6.45) is 0.393. The van der Waals surface area contributed by atoms with Crippen molar-refractivity contribution in [3.63, 3.8) is 0 Å². The fraction of sp³-hybridized carbons (Fsp3) is 0.273. The number of hydrogen-bond donors (Lipinski definition) is 0. The van der Waals surface area contributed by atoms with Gasteiger partial charge in [-0.2, -0.15) is 0 Å². The summed E-state index contributed by atoms with van der Waals surface area (Å²) in [5.74, 6) is -0.0761. The van der Waals surface area contributed by atoms with Gasteiger partial charge in [-0.05, 0) is 16.5 Å². The summed E-state index contributed by atoms with van der Waals surface area (Å²) < 4.78 is 6.40. The van der Waals surface area contributed by atoms with E-state index >= 15 is 0 Å². The first-order valence-electron chi connectivity index (χ1n) is 5.27. The zero-order valence-corrected chi connectivity index (χ0v) is 9.74. The molecule has 0 fully saturated rings. The summed E-state index contributed by atoms with van der Waals surface area (Å²) in [6, 6.07) is 7.41. The number of benzene rings is 1. The Morgan fingerprint density at radius 2 is 2.22 bits per heavy atom. The minimum Gasteiger partial charge on any atom is -0.548 e. The van der Waals surface area contributed by atoms with Crippen LogP contribution in [0.2, 0.25) is 0 Å². The fourth-order valence-corrected chi connectivity index (χ4v) is 1.61. The largest absolute Gasteiger partial charge is 0.548 e. The monoisotopic (exact) mass is 247 g/mol. The van der Waals surface area contributed by atoms with E-state index in [1.807, 2.05) is 24.3 Å². The third kappa shape index (κ3) is 2.62. The van der Waals surface area contributed by atoms with Gasteiger partial charge in [0, 0.05) is 12.0 Å². The second-order valence-corrected chi connectivity index (χ2v) is 3.61. The summed E-state index contributed by atoms with van der Waals surface area (Å²) in [6.45, 7) is -0.364. The van der Waals surface area contributed by atoms with Crippen LogP contribution in [0.25, 0.3) is 0 Å². The zero-order chi connectivity index (χ0) is 13.0. The van der Waals surface area contributed by atoms with Crippen LogP contribution in [0.3, 0.4) is 0 Å². The highest BCUT2D eigenvalue weighted by Crippen LogP contribution is 2.19. The molecule has 0 aliphatic heterocycles. The molecule has 0 radical (unpaired) electrons. The Morgan fingerprint density at radius 1 is 1.44 bits per heavy atom. The number of ether oxygens (including phenoxy) is 1. The molecule has 2 rings (SSSR count). The van der Waals surface area contributed by atoms with E-state index in [9.17, 15) is 9.90 Å². The second kappa shape index (κ2) is 5.26. The molecule has 1 aromatic carbocycles. The van der Waals surface area contributed by atoms with E-state index in [0.717, 1.165) is 5.56 Å². The van der Waals surface area contributed by atoms with Gasteiger partial charge in [0.15, 0.2) is 5.82 Å². The quantitative estimate of drug-likeness (QED) is 0.674. The number of para-hydroxylation sites is 1. The van der Waals surface area contributed by atoms with Crippen LogP contribution >= 0.6 is 0 Å². The lowest BCUT2D eigenvalue weighted by atomic mass is 10.1. The van der Waals surface area contributed by atoms with Crippen LogP contribution in [-0.4, -0.2) is 33.3 Å². The Labute approximate surface area is 103 Å². The van der Waals surface area contributed by atoms with Gasteiger partial charge in [-0.25, -0.2) is 4.68 Å². The highest BCUT2D eigenvalue weighted by molar-refractivity contribution is 5.63. The Bertz CT molecular complexity index is 553. The molecule has 0 spiro atoms. The van der Waals surface area contributed by atoms with E-state index in [1.165, 1.54) is 4.68 Å². The molecule has 1 aromatic heterocycles.